The molecule has 0 unspecified atom stereocenters. The molecule has 0 spiro atoms. The van der Waals surface area contributed by atoms with Gasteiger partial charge < -0.3 is 17.0 Å². The lowest BCUT2D eigenvalue weighted by molar-refractivity contribution is -0.118. The van der Waals surface area contributed by atoms with E-state index in [1.807, 2.05) is 0 Å². The molecule has 0 saturated carbocycles. The van der Waals surface area contributed by atoms with E-state index in [-0.39, 0.29) is 22.8 Å². The number of tetrazole rings is 1. The van der Waals surface area contributed by atoms with Crippen LogP contribution in [0.15, 0.2) is 91.0 Å². The van der Waals surface area contributed by atoms with Crippen molar-refractivity contribution in [3.05, 3.63) is 96.8 Å². The molecule has 7 heteroatoms. The Morgan fingerprint density at radius 1 is 0.750 bits per heavy atom. The number of aromatic amines is 1. The summed E-state index contributed by atoms with van der Waals surface area (Å²) in [6.45, 7) is 0. The second-order valence-electron chi connectivity index (χ2n) is 7.51. The van der Waals surface area contributed by atoms with Crippen molar-refractivity contribution in [2.24, 2.45) is 0 Å². The summed E-state index contributed by atoms with van der Waals surface area (Å²) in [5.41, 5.74) is 0. The van der Waals surface area contributed by atoms with Gasteiger partial charge in [0.15, 0.2) is 5.82 Å². The van der Waals surface area contributed by atoms with Gasteiger partial charge in [-0.2, -0.15) is 5.21 Å². The highest BCUT2D eigenvalue weighted by Gasteiger charge is 2.45. The first-order chi connectivity index (χ1) is 15.3. The molecule has 0 bridgehead atoms. The molecule has 1 aromatic heterocycles. The zero-order valence-corrected chi connectivity index (χ0v) is 20.3. The number of benzene rings is 3. The molecule has 0 fully saturated rings. The summed E-state index contributed by atoms with van der Waals surface area (Å²) < 4.78 is 0. The summed E-state index contributed by atoms with van der Waals surface area (Å²) in [4.78, 5) is 12.9. The molecule has 0 amide bonds. The van der Waals surface area contributed by atoms with E-state index in [0.717, 1.165) is 12.6 Å². The van der Waals surface area contributed by atoms with Gasteiger partial charge in [-0.25, -0.2) is 0 Å². The van der Waals surface area contributed by atoms with Gasteiger partial charge in [0, 0.05) is 19.3 Å². The van der Waals surface area contributed by atoms with Crippen molar-refractivity contribution in [3.63, 3.8) is 0 Å². The minimum Gasteiger partial charge on any atom is -1.00 e. The number of hydrogen-bond acceptors (Lipinski definition) is 4. The van der Waals surface area contributed by atoms with Crippen LogP contribution in [-0.2, 0) is 11.2 Å². The smallest absolute Gasteiger partial charge is 0.174 e. The lowest BCUT2D eigenvalue weighted by Gasteiger charge is -2.27. The zero-order valence-electron chi connectivity index (χ0n) is 17.8. The number of rotatable bonds is 10. The van der Waals surface area contributed by atoms with Gasteiger partial charge in [-0.3, -0.25) is 4.79 Å². The summed E-state index contributed by atoms with van der Waals surface area (Å²) in [7, 11) is -1.95. The third-order valence-corrected chi connectivity index (χ3v) is 10.00. The van der Waals surface area contributed by atoms with Crippen LogP contribution in [0.25, 0.3) is 0 Å². The molecule has 4 rings (SSSR count). The first kappa shape index (κ1) is 24.0. The predicted molar refractivity (Wildman–Crippen MR) is 127 cm³/mol. The highest BCUT2D eigenvalue weighted by atomic mass is 79.9. The van der Waals surface area contributed by atoms with Gasteiger partial charge in [-0.05, 0) is 42.8 Å². The van der Waals surface area contributed by atoms with Crippen molar-refractivity contribution < 1.29 is 21.8 Å². The van der Waals surface area contributed by atoms with Crippen LogP contribution in [-0.4, -0.2) is 32.6 Å². The van der Waals surface area contributed by atoms with Crippen molar-refractivity contribution >= 4 is 29.0 Å². The molecule has 1 N–H and O–H groups in total. The quantitative estimate of drug-likeness (QED) is 0.316. The fraction of sp³-hybridized carbons (Fsp3) is 0.200. The summed E-state index contributed by atoms with van der Waals surface area (Å²) >= 11 is 0. The molecule has 0 aliphatic carbocycles. The number of halogens is 1. The molecular formula is C25H26BrN4OP. The molecule has 32 heavy (non-hydrogen) atoms. The molecule has 0 atom stereocenters. The number of ketones is 1. The molecule has 0 aliphatic rings. The summed E-state index contributed by atoms with van der Waals surface area (Å²) in [6.07, 6.45) is 3.32. The summed E-state index contributed by atoms with van der Waals surface area (Å²) in [5, 5.41) is 17.9. The van der Waals surface area contributed by atoms with Gasteiger partial charge in [0.05, 0.1) is 6.16 Å². The maximum absolute atomic E-state index is 12.9. The number of aromatic nitrogens is 4. The maximum atomic E-state index is 12.9. The van der Waals surface area contributed by atoms with Crippen LogP contribution >= 0.6 is 7.26 Å². The fourth-order valence-corrected chi connectivity index (χ4v) is 8.33. The van der Waals surface area contributed by atoms with E-state index in [2.05, 4.69) is 112 Å². The average molecular weight is 509 g/mol. The average Bonchev–Trinajstić information content (AvgIpc) is 3.35. The van der Waals surface area contributed by atoms with Gasteiger partial charge >= 0.3 is 0 Å². The number of nitrogens with zero attached hydrogens (tertiary/aromatic N) is 3. The molecule has 4 aromatic rings. The predicted octanol–water partition coefficient (Wildman–Crippen LogP) is 0.480. The number of Topliss-reactive ketones (excluding diaryl/α,β-unsaturated/α-hetero) is 1. The number of H-pyrrole nitrogens is 1. The Morgan fingerprint density at radius 2 is 1.25 bits per heavy atom. The van der Waals surface area contributed by atoms with Gasteiger partial charge in [0.25, 0.3) is 0 Å². The van der Waals surface area contributed by atoms with Crippen LogP contribution in [0.5, 0.6) is 0 Å². The second-order valence-corrected chi connectivity index (χ2v) is 11.1. The van der Waals surface area contributed by atoms with Crippen molar-refractivity contribution in [1.29, 1.82) is 0 Å². The molecule has 164 valence electrons. The van der Waals surface area contributed by atoms with E-state index in [0.29, 0.717) is 25.1 Å². The van der Waals surface area contributed by atoms with E-state index >= 15 is 0 Å². The topological polar surface area (TPSA) is 71.5 Å². The first-order valence-corrected chi connectivity index (χ1v) is 12.6. The normalized spacial score (nSPS) is 11.0. The Kier molecular flexibility index (Phi) is 8.83. The number of nitrogens with one attached hydrogen (secondary N) is 1. The van der Waals surface area contributed by atoms with E-state index in [4.69, 9.17) is 0 Å². The molecule has 0 radical (unpaired) electrons. The van der Waals surface area contributed by atoms with E-state index in [1.54, 1.807) is 0 Å². The minimum absolute atomic E-state index is 0. The Bertz CT molecular complexity index is 980. The maximum Gasteiger partial charge on any atom is 0.174 e. The highest BCUT2D eigenvalue weighted by Crippen LogP contribution is 2.55. The van der Waals surface area contributed by atoms with Gasteiger partial charge in [0.1, 0.15) is 29.0 Å². The van der Waals surface area contributed by atoms with Crippen molar-refractivity contribution in [2.45, 2.75) is 25.7 Å². The van der Waals surface area contributed by atoms with Gasteiger partial charge in [-0.15, -0.1) is 10.2 Å². The number of aryl methyl sites for hydroxylation is 1. The molecule has 1 heterocycles. The standard InChI is InChI=1S/C25H26N4OP.BrH/c30-21(11-10-18-25-26-28-29-27-25)19-20-31(22-12-4-1-5-13-22,23-14-6-2-7-15-23)24-16-8-3-9-17-24;/h1-9,12-17H,10-11,18-20H2,(H,26,27,28,29);1H/q+1;/p-1. The van der Waals surface area contributed by atoms with Crippen molar-refractivity contribution in [2.75, 3.05) is 6.16 Å². The highest BCUT2D eigenvalue weighted by molar-refractivity contribution is 7.95. The summed E-state index contributed by atoms with van der Waals surface area (Å²) in [5.74, 6) is 0.947. The molecular weight excluding hydrogens is 483 g/mol. The van der Waals surface area contributed by atoms with Crippen LogP contribution in [0.3, 0.4) is 0 Å². The van der Waals surface area contributed by atoms with Gasteiger partial charge in [-0.1, -0.05) is 59.8 Å². The molecule has 5 nitrogen and oxygen atoms in total. The van der Waals surface area contributed by atoms with Crippen LogP contribution in [0.4, 0.5) is 0 Å². The molecule has 0 aliphatic heterocycles. The Morgan fingerprint density at radius 3 is 1.69 bits per heavy atom. The molecule has 0 saturated heterocycles. The van der Waals surface area contributed by atoms with E-state index < -0.39 is 7.26 Å². The van der Waals surface area contributed by atoms with Crippen LogP contribution < -0.4 is 32.9 Å². The largest absolute Gasteiger partial charge is 1.00 e. The van der Waals surface area contributed by atoms with Crippen LogP contribution in [0.2, 0.25) is 0 Å². The minimum atomic E-state index is -1.95. The van der Waals surface area contributed by atoms with Crippen molar-refractivity contribution in [3.8, 4) is 0 Å². The SMILES string of the molecule is O=C(CCCc1nn[nH]n1)CC[P+](c1ccccc1)(c1ccccc1)c1ccccc1.[Br-]. The summed E-state index contributed by atoms with van der Waals surface area (Å²) in [6, 6.07) is 32.1. The number of carbonyl (C=O) groups is 1. The van der Waals surface area contributed by atoms with Gasteiger partial charge in [0.2, 0.25) is 0 Å². The Labute approximate surface area is 199 Å². The third-order valence-electron chi connectivity index (χ3n) is 5.56. The monoisotopic (exact) mass is 508 g/mol. The second kappa shape index (κ2) is 11.8. The van der Waals surface area contributed by atoms with E-state index in [9.17, 15) is 4.79 Å². The zero-order chi connectivity index (χ0) is 21.4. The molecule has 3 aromatic carbocycles. The Hall–Kier alpha value is -2.69. The number of hydrogen-bond donors (Lipinski definition) is 1. The fourth-order valence-electron chi connectivity index (χ4n) is 4.03. The van der Waals surface area contributed by atoms with Crippen LogP contribution in [0, 0.1) is 0 Å². The van der Waals surface area contributed by atoms with Crippen molar-refractivity contribution in [1.82, 2.24) is 20.6 Å². The van der Waals surface area contributed by atoms with Crippen LogP contribution in [0.1, 0.15) is 25.1 Å². The Balaban J connectivity index is 0.00000289. The lowest BCUT2D eigenvalue weighted by Crippen LogP contribution is -3.00. The first-order valence-electron chi connectivity index (χ1n) is 10.6. The third kappa shape index (κ3) is 5.56. The number of carbonyl (C=O) groups excluding carboxylic acids is 1. The van der Waals surface area contributed by atoms with E-state index in [1.165, 1.54) is 15.9 Å². The lowest BCUT2D eigenvalue weighted by atomic mass is 10.1.